The minimum absolute atomic E-state index is 0.0192. The molecule has 1 N–H and O–H groups in total. The van der Waals surface area contributed by atoms with Gasteiger partial charge in [-0.1, -0.05) is 29.8 Å². The van der Waals surface area contributed by atoms with Crippen molar-refractivity contribution in [1.82, 2.24) is 4.90 Å². The van der Waals surface area contributed by atoms with Gasteiger partial charge in [0.2, 0.25) is 5.91 Å². The lowest BCUT2D eigenvalue weighted by Crippen LogP contribution is -2.41. The van der Waals surface area contributed by atoms with Gasteiger partial charge in [-0.3, -0.25) is 9.59 Å². The molecule has 2 amide bonds. The van der Waals surface area contributed by atoms with Crippen molar-refractivity contribution in [2.24, 2.45) is 5.92 Å². The van der Waals surface area contributed by atoms with Crippen molar-refractivity contribution >= 4 is 40.9 Å². The number of halogens is 1. The number of piperidine rings is 1. The molecule has 0 saturated carbocycles. The summed E-state index contributed by atoms with van der Waals surface area (Å²) in [5, 5.41) is 3.41. The van der Waals surface area contributed by atoms with Crippen LogP contribution in [0.4, 0.5) is 5.69 Å². The number of thioether (sulfide) groups is 1. The largest absolute Gasteiger partial charge is 0.339 e. The van der Waals surface area contributed by atoms with E-state index < -0.39 is 0 Å². The quantitative estimate of drug-likeness (QED) is 0.781. The lowest BCUT2D eigenvalue weighted by Gasteiger charge is -2.31. The average molecular weight is 389 g/mol. The number of hydrogen-bond donors (Lipinski definition) is 1. The molecule has 2 aromatic carbocycles. The number of carbonyl (C=O) groups excluding carboxylic acids is 2. The molecule has 0 aliphatic carbocycles. The normalized spacial score (nSPS) is 14.9. The molecule has 1 aliphatic rings. The van der Waals surface area contributed by atoms with E-state index in [-0.39, 0.29) is 17.7 Å². The van der Waals surface area contributed by atoms with Crippen LogP contribution in [0.3, 0.4) is 0 Å². The highest BCUT2D eigenvalue weighted by Gasteiger charge is 2.28. The number of rotatable bonds is 4. The standard InChI is InChI=1S/C20H21ClN2O2S/c1-26-16-7-8-18(21)17(13-16)20(25)23-11-9-14(10-12-23)19(24)22-15-5-3-2-4-6-15/h2-8,13-14H,9-12H2,1H3,(H,22,24). The molecule has 1 heterocycles. The van der Waals surface area contributed by atoms with Gasteiger partial charge in [0, 0.05) is 29.6 Å². The third kappa shape index (κ3) is 4.40. The molecule has 26 heavy (non-hydrogen) atoms. The summed E-state index contributed by atoms with van der Waals surface area (Å²) in [4.78, 5) is 28.0. The molecule has 6 heteroatoms. The van der Waals surface area contributed by atoms with Crippen LogP contribution in [0.15, 0.2) is 53.4 Å². The van der Waals surface area contributed by atoms with Crippen molar-refractivity contribution in [3.63, 3.8) is 0 Å². The van der Waals surface area contributed by atoms with Gasteiger partial charge in [0.15, 0.2) is 0 Å². The summed E-state index contributed by atoms with van der Waals surface area (Å²) in [6.07, 6.45) is 3.28. The topological polar surface area (TPSA) is 49.4 Å². The molecule has 0 aromatic heterocycles. The molecule has 3 rings (SSSR count). The molecular formula is C20H21ClN2O2S. The Morgan fingerprint density at radius 1 is 1.12 bits per heavy atom. The number of nitrogens with one attached hydrogen (secondary N) is 1. The van der Waals surface area contributed by atoms with Gasteiger partial charge in [0.25, 0.3) is 5.91 Å². The number of para-hydroxylation sites is 1. The van der Waals surface area contributed by atoms with Crippen molar-refractivity contribution in [1.29, 1.82) is 0 Å². The van der Waals surface area contributed by atoms with E-state index in [4.69, 9.17) is 11.6 Å². The van der Waals surface area contributed by atoms with Crippen LogP contribution in [-0.2, 0) is 4.79 Å². The Morgan fingerprint density at radius 3 is 2.46 bits per heavy atom. The second-order valence-electron chi connectivity index (χ2n) is 6.27. The zero-order valence-corrected chi connectivity index (χ0v) is 16.1. The van der Waals surface area contributed by atoms with E-state index in [1.54, 1.807) is 22.7 Å². The fraction of sp³-hybridized carbons (Fsp3) is 0.300. The maximum atomic E-state index is 12.8. The molecular weight excluding hydrogens is 368 g/mol. The second-order valence-corrected chi connectivity index (χ2v) is 7.55. The Bertz CT molecular complexity index is 790. The number of benzene rings is 2. The van der Waals surface area contributed by atoms with E-state index in [1.807, 2.05) is 48.7 Å². The van der Waals surface area contributed by atoms with Crippen LogP contribution in [0.25, 0.3) is 0 Å². The minimum Gasteiger partial charge on any atom is -0.339 e. The smallest absolute Gasteiger partial charge is 0.255 e. The third-order valence-corrected chi connectivity index (χ3v) is 5.65. The number of nitrogens with zero attached hydrogens (tertiary/aromatic N) is 1. The Balaban J connectivity index is 1.59. The Labute approximate surface area is 162 Å². The number of carbonyl (C=O) groups is 2. The monoisotopic (exact) mass is 388 g/mol. The van der Waals surface area contributed by atoms with Crippen molar-refractivity contribution < 1.29 is 9.59 Å². The summed E-state index contributed by atoms with van der Waals surface area (Å²) < 4.78 is 0. The predicted octanol–water partition coefficient (Wildman–Crippen LogP) is 4.55. The predicted molar refractivity (Wildman–Crippen MR) is 107 cm³/mol. The van der Waals surface area contributed by atoms with E-state index in [9.17, 15) is 9.59 Å². The fourth-order valence-electron chi connectivity index (χ4n) is 3.08. The summed E-state index contributed by atoms with van der Waals surface area (Å²) >= 11 is 7.79. The minimum atomic E-state index is -0.0766. The van der Waals surface area contributed by atoms with Crippen LogP contribution in [0.1, 0.15) is 23.2 Å². The van der Waals surface area contributed by atoms with Crippen LogP contribution in [0.5, 0.6) is 0 Å². The fourth-order valence-corrected chi connectivity index (χ4v) is 3.71. The van der Waals surface area contributed by atoms with Crippen molar-refractivity contribution in [2.75, 3.05) is 24.7 Å². The highest BCUT2D eigenvalue weighted by molar-refractivity contribution is 7.98. The maximum Gasteiger partial charge on any atom is 0.255 e. The SMILES string of the molecule is CSc1ccc(Cl)c(C(=O)N2CCC(C(=O)Nc3ccccc3)CC2)c1. The molecule has 2 aromatic rings. The third-order valence-electron chi connectivity index (χ3n) is 4.60. The van der Waals surface area contributed by atoms with Crippen molar-refractivity contribution in [3.8, 4) is 0 Å². The summed E-state index contributed by atoms with van der Waals surface area (Å²) in [6.45, 7) is 1.12. The van der Waals surface area contributed by atoms with Gasteiger partial charge in [0.05, 0.1) is 10.6 Å². The van der Waals surface area contributed by atoms with Gasteiger partial charge in [-0.2, -0.15) is 0 Å². The van der Waals surface area contributed by atoms with Gasteiger partial charge >= 0.3 is 0 Å². The number of hydrogen-bond acceptors (Lipinski definition) is 3. The molecule has 1 saturated heterocycles. The van der Waals surface area contributed by atoms with Crippen LogP contribution < -0.4 is 5.32 Å². The molecule has 0 spiro atoms. The van der Waals surface area contributed by atoms with Crippen LogP contribution in [-0.4, -0.2) is 36.1 Å². The molecule has 1 fully saturated rings. The molecule has 0 radical (unpaired) electrons. The first kappa shape index (κ1) is 18.8. The highest BCUT2D eigenvalue weighted by atomic mass is 35.5. The zero-order chi connectivity index (χ0) is 18.5. The van der Waals surface area contributed by atoms with Crippen molar-refractivity contribution in [3.05, 3.63) is 59.1 Å². The lowest BCUT2D eigenvalue weighted by atomic mass is 9.95. The highest BCUT2D eigenvalue weighted by Crippen LogP contribution is 2.26. The first-order chi connectivity index (χ1) is 12.6. The summed E-state index contributed by atoms with van der Waals surface area (Å²) in [7, 11) is 0. The van der Waals surface area contributed by atoms with Crippen LogP contribution in [0, 0.1) is 5.92 Å². The zero-order valence-electron chi connectivity index (χ0n) is 14.6. The van der Waals surface area contributed by atoms with E-state index in [1.165, 1.54) is 0 Å². The van der Waals surface area contributed by atoms with Crippen LogP contribution in [0.2, 0.25) is 5.02 Å². The maximum absolute atomic E-state index is 12.8. The summed E-state index contributed by atoms with van der Waals surface area (Å²) in [5.74, 6) is -0.120. The molecule has 136 valence electrons. The average Bonchev–Trinajstić information content (AvgIpc) is 2.69. The van der Waals surface area contributed by atoms with Crippen molar-refractivity contribution in [2.45, 2.75) is 17.7 Å². The first-order valence-corrected chi connectivity index (χ1v) is 10.2. The molecule has 0 unspecified atom stereocenters. The van der Waals surface area contributed by atoms with Gasteiger partial charge in [-0.15, -0.1) is 11.8 Å². The second kappa shape index (κ2) is 8.60. The molecule has 0 bridgehead atoms. The Kier molecular flexibility index (Phi) is 6.22. The van der Waals surface area contributed by atoms with Crippen LogP contribution >= 0.6 is 23.4 Å². The number of anilines is 1. The lowest BCUT2D eigenvalue weighted by molar-refractivity contribution is -0.121. The number of likely N-dealkylation sites (tertiary alicyclic amines) is 1. The van der Waals surface area contributed by atoms with E-state index >= 15 is 0 Å². The Morgan fingerprint density at radius 2 is 1.81 bits per heavy atom. The number of amides is 2. The summed E-state index contributed by atoms with van der Waals surface area (Å²) in [5.41, 5.74) is 1.34. The van der Waals surface area contributed by atoms with Gasteiger partial charge in [-0.25, -0.2) is 0 Å². The molecule has 0 atom stereocenters. The van der Waals surface area contributed by atoms with Gasteiger partial charge in [-0.05, 0) is 49.4 Å². The molecule has 1 aliphatic heterocycles. The summed E-state index contributed by atoms with van der Waals surface area (Å²) in [6, 6.07) is 15.0. The van der Waals surface area contributed by atoms with Gasteiger partial charge < -0.3 is 10.2 Å². The van der Waals surface area contributed by atoms with Gasteiger partial charge in [0.1, 0.15) is 0 Å². The van der Waals surface area contributed by atoms with E-state index in [2.05, 4.69) is 5.32 Å². The van der Waals surface area contributed by atoms with E-state index in [0.717, 1.165) is 10.6 Å². The molecule has 4 nitrogen and oxygen atoms in total. The first-order valence-electron chi connectivity index (χ1n) is 8.57. The Hall–Kier alpha value is -1.98. The van der Waals surface area contributed by atoms with E-state index in [0.29, 0.717) is 36.5 Å².